The van der Waals surface area contributed by atoms with Crippen LogP contribution in [0, 0.1) is 0 Å². The molecule has 1 unspecified atom stereocenters. The average molecular weight is 397 g/mol. The van der Waals surface area contributed by atoms with Crippen LogP contribution in [-0.2, 0) is 21.2 Å². The Kier molecular flexibility index (Phi) is 7.46. The molecule has 1 aliphatic heterocycles. The van der Waals surface area contributed by atoms with Crippen molar-refractivity contribution in [3.05, 3.63) is 29.8 Å². The highest BCUT2D eigenvalue weighted by Crippen LogP contribution is 2.18. The van der Waals surface area contributed by atoms with Crippen molar-refractivity contribution in [3.63, 3.8) is 0 Å². The number of ether oxygens (including phenoxy) is 1. The van der Waals surface area contributed by atoms with Crippen LogP contribution in [0.25, 0.3) is 0 Å². The zero-order chi connectivity index (χ0) is 19.9. The Morgan fingerprint density at radius 1 is 1.37 bits per heavy atom. The SMILES string of the molecule is CN=C(NCCC(=O)NC1CCS(=O)(=O)C1)N(C)Cc1ccccc1OC. The van der Waals surface area contributed by atoms with Crippen LogP contribution in [0.4, 0.5) is 0 Å². The van der Waals surface area contributed by atoms with Gasteiger partial charge in [0.15, 0.2) is 15.8 Å². The Labute approximate surface area is 160 Å². The number of nitrogens with one attached hydrogen (secondary N) is 2. The summed E-state index contributed by atoms with van der Waals surface area (Å²) in [6.07, 6.45) is 0.739. The molecule has 1 aromatic carbocycles. The minimum absolute atomic E-state index is 0.0372. The lowest BCUT2D eigenvalue weighted by Gasteiger charge is -2.23. The van der Waals surface area contributed by atoms with Gasteiger partial charge >= 0.3 is 0 Å². The van der Waals surface area contributed by atoms with E-state index in [0.717, 1.165) is 11.3 Å². The number of carbonyl (C=O) groups is 1. The molecule has 0 aromatic heterocycles. The molecule has 1 aromatic rings. The first-order chi connectivity index (χ1) is 12.8. The zero-order valence-corrected chi connectivity index (χ0v) is 16.9. The molecule has 2 rings (SSSR count). The van der Waals surface area contributed by atoms with Crippen molar-refractivity contribution in [2.75, 3.05) is 39.3 Å². The highest BCUT2D eigenvalue weighted by atomic mass is 32.2. The fourth-order valence-corrected chi connectivity index (χ4v) is 4.72. The molecule has 1 amide bonds. The van der Waals surface area contributed by atoms with E-state index in [9.17, 15) is 13.2 Å². The van der Waals surface area contributed by atoms with Crippen LogP contribution < -0.4 is 15.4 Å². The third kappa shape index (κ3) is 6.42. The summed E-state index contributed by atoms with van der Waals surface area (Å²) < 4.78 is 28.3. The maximum absolute atomic E-state index is 12.0. The smallest absolute Gasteiger partial charge is 0.222 e. The quantitative estimate of drug-likeness (QED) is 0.511. The Morgan fingerprint density at radius 3 is 2.74 bits per heavy atom. The minimum Gasteiger partial charge on any atom is -0.496 e. The predicted molar refractivity (Wildman–Crippen MR) is 106 cm³/mol. The average Bonchev–Trinajstić information content (AvgIpc) is 2.97. The van der Waals surface area contributed by atoms with Crippen molar-refractivity contribution < 1.29 is 17.9 Å². The van der Waals surface area contributed by atoms with Crippen molar-refractivity contribution in [1.29, 1.82) is 0 Å². The largest absolute Gasteiger partial charge is 0.496 e. The summed E-state index contributed by atoms with van der Waals surface area (Å²) in [4.78, 5) is 18.2. The topological polar surface area (TPSA) is 100 Å². The van der Waals surface area contributed by atoms with Gasteiger partial charge in [0.05, 0.1) is 18.6 Å². The van der Waals surface area contributed by atoms with Crippen LogP contribution in [-0.4, -0.2) is 70.5 Å². The minimum atomic E-state index is -2.99. The lowest BCUT2D eigenvalue weighted by atomic mass is 10.2. The monoisotopic (exact) mass is 396 g/mol. The molecule has 9 heteroatoms. The number of para-hydroxylation sites is 1. The second-order valence-corrected chi connectivity index (χ2v) is 8.79. The summed E-state index contributed by atoms with van der Waals surface area (Å²) in [6.45, 7) is 1.02. The van der Waals surface area contributed by atoms with Gasteiger partial charge in [-0.2, -0.15) is 0 Å². The maximum atomic E-state index is 12.0. The summed E-state index contributed by atoms with van der Waals surface area (Å²) in [5.74, 6) is 1.50. The van der Waals surface area contributed by atoms with Gasteiger partial charge in [-0.25, -0.2) is 8.42 Å². The first kappa shape index (κ1) is 21.0. The third-order valence-electron chi connectivity index (χ3n) is 4.41. The summed E-state index contributed by atoms with van der Waals surface area (Å²) >= 11 is 0. The molecule has 1 saturated heterocycles. The maximum Gasteiger partial charge on any atom is 0.222 e. The molecule has 27 heavy (non-hydrogen) atoms. The standard InChI is InChI=1S/C18H28N4O4S/c1-19-18(22(2)12-14-6-4-5-7-16(14)26-3)20-10-8-17(23)21-15-9-11-27(24,25)13-15/h4-7,15H,8-13H2,1-3H3,(H,19,20)(H,21,23). The molecule has 1 fully saturated rings. The van der Waals surface area contributed by atoms with Gasteiger partial charge in [0.1, 0.15) is 5.75 Å². The van der Waals surface area contributed by atoms with Crippen molar-refractivity contribution in [2.24, 2.45) is 4.99 Å². The van der Waals surface area contributed by atoms with Gasteiger partial charge in [0.25, 0.3) is 0 Å². The number of rotatable bonds is 7. The lowest BCUT2D eigenvalue weighted by Crippen LogP contribution is -2.41. The number of hydrogen-bond donors (Lipinski definition) is 2. The number of sulfone groups is 1. The summed E-state index contributed by atoms with van der Waals surface area (Å²) in [5, 5.41) is 5.94. The van der Waals surface area contributed by atoms with Gasteiger partial charge in [-0.05, 0) is 12.5 Å². The highest BCUT2D eigenvalue weighted by molar-refractivity contribution is 7.91. The van der Waals surface area contributed by atoms with Gasteiger partial charge in [0, 0.05) is 45.2 Å². The van der Waals surface area contributed by atoms with E-state index in [2.05, 4.69) is 15.6 Å². The van der Waals surface area contributed by atoms with Crippen LogP contribution in [0.15, 0.2) is 29.3 Å². The highest BCUT2D eigenvalue weighted by Gasteiger charge is 2.28. The van der Waals surface area contributed by atoms with Gasteiger partial charge in [0.2, 0.25) is 5.91 Å². The van der Waals surface area contributed by atoms with E-state index in [1.807, 2.05) is 36.2 Å². The van der Waals surface area contributed by atoms with Gasteiger partial charge in [-0.3, -0.25) is 9.79 Å². The molecular weight excluding hydrogens is 368 g/mol. The number of guanidine groups is 1. The van der Waals surface area contributed by atoms with Crippen LogP contribution in [0.2, 0.25) is 0 Å². The molecule has 0 saturated carbocycles. The van der Waals surface area contributed by atoms with E-state index in [1.165, 1.54) is 0 Å². The number of nitrogens with zero attached hydrogens (tertiary/aromatic N) is 2. The van der Waals surface area contributed by atoms with Crippen LogP contribution >= 0.6 is 0 Å². The Balaban J connectivity index is 1.78. The molecular formula is C18H28N4O4S. The Hall–Kier alpha value is -2.29. The number of carbonyl (C=O) groups excluding carboxylic acids is 1. The van der Waals surface area contributed by atoms with Crippen LogP contribution in [0.1, 0.15) is 18.4 Å². The molecule has 0 spiro atoms. The van der Waals surface area contributed by atoms with Crippen LogP contribution in [0.3, 0.4) is 0 Å². The summed E-state index contributed by atoms with van der Waals surface area (Å²) in [6, 6.07) is 7.51. The molecule has 0 aliphatic carbocycles. The summed E-state index contributed by atoms with van der Waals surface area (Å²) in [7, 11) is 2.24. The molecule has 0 radical (unpaired) electrons. The summed E-state index contributed by atoms with van der Waals surface area (Å²) in [5.41, 5.74) is 1.03. The molecule has 1 heterocycles. The van der Waals surface area contributed by atoms with E-state index >= 15 is 0 Å². The van der Waals surface area contributed by atoms with E-state index in [-0.39, 0.29) is 29.9 Å². The van der Waals surface area contributed by atoms with Gasteiger partial charge < -0.3 is 20.3 Å². The van der Waals surface area contributed by atoms with E-state index < -0.39 is 9.84 Å². The van der Waals surface area contributed by atoms with E-state index in [4.69, 9.17) is 4.74 Å². The molecule has 1 aliphatic rings. The second-order valence-electron chi connectivity index (χ2n) is 6.56. The normalized spacial score (nSPS) is 18.8. The molecule has 0 bridgehead atoms. The molecule has 8 nitrogen and oxygen atoms in total. The van der Waals surface area contributed by atoms with Crippen molar-refractivity contribution in [2.45, 2.75) is 25.4 Å². The Bertz CT molecular complexity index is 779. The number of aliphatic imine (C=N–C) groups is 1. The molecule has 1 atom stereocenters. The van der Waals surface area contributed by atoms with Gasteiger partial charge in [-0.15, -0.1) is 0 Å². The first-order valence-corrected chi connectivity index (χ1v) is 10.7. The third-order valence-corrected chi connectivity index (χ3v) is 6.17. The van der Waals surface area contributed by atoms with E-state index in [0.29, 0.717) is 25.5 Å². The number of methoxy groups -OCH3 is 1. The zero-order valence-electron chi connectivity index (χ0n) is 16.1. The number of amides is 1. The number of benzene rings is 1. The predicted octanol–water partition coefficient (Wildman–Crippen LogP) is 0.396. The van der Waals surface area contributed by atoms with Crippen molar-refractivity contribution in [1.82, 2.24) is 15.5 Å². The van der Waals surface area contributed by atoms with E-state index in [1.54, 1.807) is 14.2 Å². The fourth-order valence-electron chi connectivity index (χ4n) is 3.05. The fraction of sp³-hybridized carbons (Fsp3) is 0.556. The van der Waals surface area contributed by atoms with Gasteiger partial charge in [-0.1, -0.05) is 18.2 Å². The van der Waals surface area contributed by atoms with Crippen molar-refractivity contribution >= 4 is 21.7 Å². The van der Waals surface area contributed by atoms with Crippen molar-refractivity contribution in [3.8, 4) is 5.75 Å². The number of hydrogen-bond acceptors (Lipinski definition) is 5. The molecule has 150 valence electrons. The van der Waals surface area contributed by atoms with Crippen LogP contribution in [0.5, 0.6) is 5.75 Å². The first-order valence-electron chi connectivity index (χ1n) is 8.88. The molecule has 2 N–H and O–H groups in total. The Morgan fingerprint density at radius 2 is 2.11 bits per heavy atom. The lowest BCUT2D eigenvalue weighted by molar-refractivity contribution is -0.121. The second kappa shape index (κ2) is 9.59.